The van der Waals surface area contributed by atoms with Crippen molar-refractivity contribution < 1.29 is 5.21 Å². The number of rotatable bonds is 4. The molecule has 1 saturated heterocycles. The minimum atomic E-state index is 0.0241. The van der Waals surface area contributed by atoms with Crippen molar-refractivity contribution >= 4 is 11.8 Å². The lowest BCUT2D eigenvalue weighted by atomic mass is 10.0. The standard InChI is InChI=1S/C13H21N5O/c1-3-4-10-5-6-18(8-10)13-15-9(2)7-11(16-13)12(14)17-19/h7,10,19H,3-6,8H2,1-2H3,(H2,14,17). The van der Waals surface area contributed by atoms with Gasteiger partial charge >= 0.3 is 0 Å². The number of amidine groups is 1. The molecule has 0 bridgehead atoms. The molecule has 1 aliphatic heterocycles. The van der Waals surface area contributed by atoms with Crippen molar-refractivity contribution in [2.75, 3.05) is 18.0 Å². The maximum absolute atomic E-state index is 8.74. The van der Waals surface area contributed by atoms with Gasteiger partial charge in [0.25, 0.3) is 0 Å². The number of nitrogens with two attached hydrogens (primary N) is 1. The van der Waals surface area contributed by atoms with E-state index in [2.05, 4.69) is 26.9 Å². The fourth-order valence-electron chi connectivity index (χ4n) is 2.53. The third kappa shape index (κ3) is 3.13. The third-order valence-corrected chi connectivity index (χ3v) is 3.48. The Morgan fingerprint density at radius 3 is 3.05 bits per heavy atom. The van der Waals surface area contributed by atoms with Crippen LogP contribution in [0.15, 0.2) is 11.2 Å². The maximum atomic E-state index is 8.74. The van der Waals surface area contributed by atoms with Crippen LogP contribution < -0.4 is 10.6 Å². The van der Waals surface area contributed by atoms with Crippen molar-refractivity contribution in [3.05, 3.63) is 17.5 Å². The molecular formula is C13H21N5O. The van der Waals surface area contributed by atoms with Gasteiger partial charge in [0.05, 0.1) is 0 Å². The average Bonchev–Trinajstić information content (AvgIpc) is 2.86. The Kier molecular flexibility index (Phi) is 4.19. The zero-order chi connectivity index (χ0) is 13.8. The van der Waals surface area contributed by atoms with Gasteiger partial charge in [-0.3, -0.25) is 0 Å². The monoisotopic (exact) mass is 263 g/mol. The summed E-state index contributed by atoms with van der Waals surface area (Å²) in [6.07, 6.45) is 3.64. The molecule has 104 valence electrons. The van der Waals surface area contributed by atoms with Crippen LogP contribution in [0.3, 0.4) is 0 Å². The summed E-state index contributed by atoms with van der Waals surface area (Å²) in [6, 6.07) is 1.72. The molecule has 1 aromatic heterocycles. The van der Waals surface area contributed by atoms with Gasteiger partial charge in [-0.05, 0) is 31.7 Å². The van der Waals surface area contributed by atoms with E-state index in [1.807, 2.05) is 6.92 Å². The molecule has 1 aromatic rings. The number of anilines is 1. The molecule has 3 N–H and O–H groups in total. The Morgan fingerprint density at radius 2 is 2.37 bits per heavy atom. The lowest BCUT2D eigenvalue weighted by Gasteiger charge is -2.17. The second kappa shape index (κ2) is 5.86. The molecule has 19 heavy (non-hydrogen) atoms. The zero-order valence-electron chi connectivity index (χ0n) is 11.5. The lowest BCUT2D eigenvalue weighted by molar-refractivity contribution is 0.318. The quantitative estimate of drug-likeness (QED) is 0.372. The minimum absolute atomic E-state index is 0.0241. The molecule has 1 fully saturated rings. The van der Waals surface area contributed by atoms with Gasteiger partial charge in [-0.25, -0.2) is 9.97 Å². The molecule has 0 saturated carbocycles. The van der Waals surface area contributed by atoms with E-state index in [9.17, 15) is 0 Å². The molecule has 1 atom stereocenters. The lowest BCUT2D eigenvalue weighted by Crippen LogP contribution is -2.24. The van der Waals surface area contributed by atoms with Crippen molar-refractivity contribution in [3.63, 3.8) is 0 Å². The molecule has 0 amide bonds. The van der Waals surface area contributed by atoms with Gasteiger partial charge in [0.1, 0.15) is 5.69 Å². The fraction of sp³-hybridized carbons (Fsp3) is 0.615. The molecule has 1 aliphatic rings. The summed E-state index contributed by atoms with van der Waals surface area (Å²) >= 11 is 0. The van der Waals surface area contributed by atoms with Gasteiger partial charge in [0.15, 0.2) is 5.84 Å². The summed E-state index contributed by atoms with van der Waals surface area (Å²) in [4.78, 5) is 11.0. The largest absolute Gasteiger partial charge is 0.409 e. The number of hydrogen-bond donors (Lipinski definition) is 2. The van der Waals surface area contributed by atoms with Gasteiger partial charge in [0.2, 0.25) is 5.95 Å². The third-order valence-electron chi connectivity index (χ3n) is 3.48. The first-order chi connectivity index (χ1) is 9.13. The summed E-state index contributed by atoms with van der Waals surface area (Å²) in [6.45, 7) is 6.07. The average molecular weight is 263 g/mol. The molecule has 0 radical (unpaired) electrons. The van der Waals surface area contributed by atoms with Crippen molar-refractivity contribution in [3.8, 4) is 0 Å². The first kappa shape index (κ1) is 13.6. The molecular weight excluding hydrogens is 242 g/mol. The van der Waals surface area contributed by atoms with E-state index in [-0.39, 0.29) is 5.84 Å². The second-order valence-electron chi connectivity index (χ2n) is 5.07. The van der Waals surface area contributed by atoms with Crippen LogP contribution in [0.1, 0.15) is 37.6 Å². The summed E-state index contributed by atoms with van der Waals surface area (Å²) in [5, 5.41) is 11.7. The van der Waals surface area contributed by atoms with Crippen LogP contribution in [0.4, 0.5) is 5.95 Å². The first-order valence-electron chi connectivity index (χ1n) is 6.72. The molecule has 0 aromatic carbocycles. The summed E-state index contributed by atoms with van der Waals surface area (Å²) in [7, 11) is 0. The summed E-state index contributed by atoms with van der Waals surface area (Å²) in [5.74, 6) is 1.43. The predicted molar refractivity (Wildman–Crippen MR) is 74.5 cm³/mol. The first-order valence-corrected chi connectivity index (χ1v) is 6.72. The van der Waals surface area contributed by atoms with Crippen molar-refractivity contribution in [1.82, 2.24) is 9.97 Å². The normalized spacial score (nSPS) is 20.0. The van der Waals surface area contributed by atoms with Gasteiger partial charge in [-0.2, -0.15) is 0 Å². The minimum Gasteiger partial charge on any atom is -0.409 e. The Morgan fingerprint density at radius 1 is 1.58 bits per heavy atom. The highest BCUT2D eigenvalue weighted by Crippen LogP contribution is 2.24. The number of hydrogen-bond acceptors (Lipinski definition) is 5. The van der Waals surface area contributed by atoms with Gasteiger partial charge in [0, 0.05) is 18.8 Å². The zero-order valence-corrected chi connectivity index (χ0v) is 11.5. The van der Waals surface area contributed by atoms with Crippen molar-refractivity contribution in [1.29, 1.82) is 0 Å². The Labute approximate surface area is 113 Å². The smallest absolute Gasteiger partial charge is 0.226 e. The van der Waals surface area contributed by atoms with E-state index in [0.29, 0.717) is 11.6 Å². The van der Waals surface area contributed by atoms with Crippen LogP contribution in [0.2, 0.25) is 0 Å². The molecule has 1 unspecified atom stereocenters. The number of aromatic nitrogens is 2. The van der Waals surface area contributed by atoms with Crippen LogP contribution in [0, 0.1) is 12.8 Å². The van der Waals surface area contributed by atoms with Crippen LogP contribution in [-0.2, 0) is 0 Å². The molecule has 0 spiro atoms. The van der Waals surface area contributed by atoms with E-state index >= 15 is 0 Å². The highest BCUT2D eigenvalue weighted by molar-refractivity contribution is 5.95. The van der Waals surface area contributed by atoms with Crippen molar-refractivity contribution in [2.45, 2.75) is 33.1 Å². The molecule has 6 nitrogen and oxygen atoms in total. The van der Waals surface area contributed by atoms with Crippen molar-refractivity contribution in [2.24, 2.45) is 16.8 Å². The van der Waals surface area contributed by atoms with Crippen LogP contribution in [-0.4, -0.2) is 34.1 Å². The van der Waals surface area contributed by atoms with Gasteiger partial charge in [-0.1, -0.05) is 18.5 Å². The van der Waals surface area contributed by atoms with Gasteiger partial charge < -0.3 is 15.8 Å². The van der Waals surface area contributed by atoms with Crippen LogP contribution >= 0.6 is 0 Å². The topological polar surface area (TPSA) is 87.6 Å². The molecule has 6 heteroatoms. The van der Waals surface area contributed by atoms with E-state index in [4.69, 9.17) is 10.9 Å². The Balaban J connectivity index is 2.19. The van der Waals surface area contributed by atoms with E-state index in [1.165, 1.54) is 19.3 Å². The highest BCUT2D eigenvalue weighted by Gasteiger charge is 2.24. The fourth-order valence-corrected chi connectivity index (χ4v) is 2.53. The number of aryl methyl sites for hydroxylation is 1. The van der Waals surface area contributed by atoms with E-state index in [1.54, 1.807) is 6.07 Å². The number of nitrogens with zero attached hydrogens (tertiary/aromatic N) is 4. The maximum Gasteiger partial charge on any atom is 0.226 e. The van der Waals surface area contributed by atoms with Gasteiger partial charge in [-0.15, -0.1) is 0 Å². The SMILES string of the molecule is CCCC1CCN(c2nc(C)cc(/C(N)=N/O)n2)C1. The number of oxime groups is 1. The van der Waals surface area contributed by atoms with E-state index < -0.39 is 0 Å². The van der Waals surface area contributed by atoms with Crippen LogP contribution in [0.25, 0.3) is 0 Å². The predicted octanol–water partition coefficient (Wildman–Crippen LogP) is 1.51. The summed E-state index contributed by atoms with van der Waals surface area (Å²) in [5.41, 5.74) is 6.90. The summed E-state index contributed by atoms with van der Waals surface area (Å²) < 4.78 is 0. The van der Waals surface area contributed by atoms with E-state index in [0.717, 1.165) is 24.7 Å². The molecule has 2 heterocycles. The highest BCUT2D eigenvalue weighted by atomic mass is 16.4. The molecule has 0 aliphatic carbocycles. The van der Waals surface area contributed by atoms with Crippen LogP contribution in [0.5, 0.6) is 0 Å². The molecule has 2 rings (SSSR count). The Bertz CT molecular complexity index is 474. The Hall–Kier alpha value is -1.85. The second-order valence-corrected chi connectivity index (χ2v) is 5.07.